The Bertz CT molecular complexity index is 333. The van der Waals surface area contributed by atoms with Crippen LogP contribution in [0.3, 0.4) is 0 Å². The predicted molar refractivity (Wildman–Crippen MR) is 83.4 cm³/mol. The Balaban J connectivity index is 2.87. The SMILES string of the molecule is CC(C)CCC1=CS(C(O)C(C)C)(N(C)C)C=C1. The van der Waals surface area contributed by atoms with Gasteiger partial charge in [-0.15, -0.1) is 10.2 Å². The molecule has 1 N–H and O–H groups in total. The van der Waals surface area contributed by atoms with E-state index in [9.17, 15) is 5.11 Å². The van der Waals surface area contributed by atoms with Crippen LogP contribution in [0.2, 0.25) is 0 Å². The van der Waals surface area contributed by atoms with Gasteiger partial charge in [-0.05, 0) is 55.2 Å². The fraction of sp³-hybridized carbons (Fsp3) is 0.733. The first-order valence-electron chi connectivity index (χ1n) is 6.86. The minimum absolute atomic E-state index is 0.278. The lowest BCUT2D eigenvalue weighted by Crippen LogP contribution is -2.29. The van der Waals surface area contributed by atoms with Crippen LogP contribution in [0.4, 0.5) is 0 Å². The van der Waals surface area contributed by atoms with E-state index < -0.39 is 10.2 Å². The fourth-order valence-corrected chi connectivity index (χ4v) is 5.36. The molecule has 0 bridgehead atoms. The van der Waals surface area contributed by atoms with Crippen LogP contribution in [-0.2, 0) is 0 Å². The standard InChI is InChI=1S/C15H29NOS/c1-12(2)7-8-14-9-10-18(11-14,16(5)6)15(17)13(3)4/h9-13,15,17H,7-8H2,1-6H3. The van der Waals surface area contributed by atoms with Crippen molar-refractivity contribution in [3.8, 4) is 0 Å². The molecule has 1 aliphatic heterocycles. The van der Waals surface area contributed by atoms with E-state index in [1.165, 1.54) is 12.0 Å². The van der Waals surface area contributed by atoms with Crippen LogP contribution in [0.1, 0.15) is 40.5 Å². The van der Waals surface area contributed by atoms with Crippen molar-refractivity contribution in [3.05, 3.63) is 22.5 Å². The Morgan fingerprint density at radius 2 is 1.83 bits per heavy atom. The third kappa shape index (κ3) is 3.40. The van der Waals surface area contributed by atoms with Crippen LogP contribution in [-0.4, -0.2) is 28.9 Å². The lowest BCUT2D eigenvalue weighted by molar-refractivity contribution is 0.204. The maximum Gasteiger partial charge on any atom is 0.104 e. The zero-order chi connectivity index (χ0) is 13.9. The smallest absolute Gasteiger partial charge is 0.104 e. The Hall–Kier alpha value is -0.250. The summed E-state index contributed by atoms with van der Waals surface area (Å²) in [6.07, 6.45) is 4.57. The van der Waals surface area contributed by atoms with Crippen LogP contribution in [0, 0.1) is 11.8 Å². The molecule has 0 saturated heterocycles. The Kier molecular flexibility index (Phi) is 5.50. The number of allylic oxidation sites excluding steroid dienone is 2. The van der Waals surface area contributed by atoms with Gasteiger partial charge >= 0.3 is 0 Å². The Morgan fingerprint density at radius 3 is 2.28 bits per heavy atom. The summed E-state index contributed by atoms with van der Waals surface area (Å²) in [6, 6.07) is 0. The first kappa shape index (κ1) is 15.8. The molecule has 3 heteroatoms. The number of hydrogen-bond acceptors (Lipinski definition) is 2. The summed E-state index contributed by atoms with van der Waals surface area (Å²) in [4.78, 5) is 0. The van der Waals surface area contributed by atoms with E-state index in [1.807, 2.05) is 0 Å². The van der Waals surface area contributed by atoms with E-state index in [0.717, 1.165) is 12.3 Å². The molecule has 2 nitrogen and oxygen atoms in total. The molecule has 0 saturated carbocycles. The molecule has 0 amide bonds. The van der Waals surface area contributed by atoms with Crippen molar-refractivity contribution in [2.75, 3.05) is 14.1 Å². The molecule has 2 unspecified atom stereocenters. The molecule has 106 valence electrons. The molecule has 1 heterocycles. The monoisotopic (exact) mass is 271 g/mol. The van der Waals surface area contributed by atoms with Crippen molar-refractivity contribution in [2.24, 2.45) is 11.8 Å². The first-order valence-corrected chi connectivity index (χ1v) is 8.64. The molecular formula is C15H29NOS. The lowest BCUT2D eigenvalue weighted by Gasteiger charge is -2.44. The molecule has 0 aromatic rings. The summed E-state index contributed by atoms with van der Waals surface area (Å²) in [5.41, 5.74) is 1.12. The predicted octanol–water partition coefficient (Wildman–Crippen LogP) is 4.09. The molecule has 1 aliphatic rings. The number of aliphatic hydroxyl groups is 1. The second kappa shape index (κ2) is 6.27. The van der Waals surface area contributed by atoms with E-state index in [0.29, 0.717) is 0 Å². The van der Waals surface area contributed by atoms with Gasteiger partial charge in [-0.2, -0.15) is 0 Å². The normalized spacial score (nSPS) is 28.9. The maximum atomic E-state index is 10.5. The quantitative estimate of drug-likeness (QED) is 0.786. The van der Waals surface area contributed by atoms with Crippen molar-refractivity contribution in [1.29, 1.82) is 0 Å². The minimum atomic E-state index is -1.31. The zero-order valence-corrected chi connectivity index (χ0v) is 13.5. The third-order valence-electron chi connectivity index (χ3n) is 3.44. The summed E-state index contributed by atoms with van der Waals surface area (Å²) in [5, 5.41) is 15.1. The highest BCUT2D eigenvalue weighted by Crippen LogP contribution is 2.62. The van der Waals surface area contributed by atoms with Crippen molar-refractivity contribution >= 4 is 10.2 Å². The molecule has 1 rings (SSSR count). The topological polar surface area (TPSA) is 23.5 Å². The average Bonchev–Trinajstić information content (AvgIpc) is 2.70. The van der Waals surface area contributed by atoms with Gasteiger partial charge in [0, 0.05) is 0 Å². The highest BCUT2D eigenvalue weighted by Gasteiger charge is 2.35. The molecule has 0 fully saturated rings. The van der Waals surface area contributed by atoms with E-state index in [2.05, 4.69) is 63.0 Å². The van der Waals surface area contributed by atoms with Gasteiger partial charge in [0.2, 0.25) is 0 Å². The minimum Gasteiger partial charge on any atom is -0.382 e. The number of rotatable bonds is 6. The van der Waals surface area contributed by atoms with Gasteiger partial charge in [0.05, 0.1) is 0 Å². The van der Waals surface area contributed by atoms with Gasteiger partial charge < -0.3 is 5.11 Å². The van der Waals surface area contributed by atoms with Crippen LogP contribution in [0.25, 0.3) is 0 Å². The van der Waals surface area contributed by atoms with Crippen molar-refractivity contribution < 1.29 is 5.11 Å². The number of hydrogen-bond donors (Lipinski definition) is 1. The largest absolute Gasteiger partial charge is 0.382 e. The third-order valence-corrected chi connectivity index (χ3v) is 7.28. The molecular weight excluding hydrogens is 242 g/mol. The molecule has 0 spiro atoms. The Morgan fingerprint density at radius 1 is 1.22 bits per heavy atom. The van der Waals surface area contributed by atoms with Crippen molar-refractivity contribution in [2.45, 2.75) is 46.0 Å². The highest BCUT2D eigenvalue weighted by molar-refractivity contribution is 8.37. The van der Waals surface area contributed by atoms with Gasteiger partial charge in [0.1, 0.15) is 5.44 Å². The molecule has 2 atom stereocenters. The van der Waals surface area contributed by atoms with Gasteiger partial charge in [0.25, 0.3) is 0 Å². The van der Waals surface area contributed by atoms with Gasteiger partial charge in [0.15, 0.2) is 0 Å². The maximum absolute atomic E-state index is 10.5. The summed E-state index contributed by atoms with van der Waals surface area (Å²) >= 11 is 0. The van der Waals surface area contributed by atoms with Crippen LogP contribution in [0.15, 0.2) is 22.5 Å². The molecule has 18 heavy (non-hydrogen) atoms. The molecule has 0 aromatic heterocycles. The van der Waals surface area contributed by atoms with E-state index >= 15 is 0 Å². The van der Waals surface area contributed by atoms with Gasteiger partial charge in [-0.1, -0.05) is 33.8 Å². The van der Waals surface area contributed by atoms with E-state index in [-0.39, 0.29) is 11.4 Å². The zero-order valence-electron chi connectivity index (χ0n) is 12.7. The molecule has 0 radical (unpaired) electrons. The first-order chi connectivity index (χ1) is 8.29. The van der Waals surface area contributed by atoms with Crippen molar-refractivity contribution in [3.63, 3.8) is 0 Å². The van der Waals surface area contributed by atoms with Crippen LogP contribution >= 0.6 is 10.2 Å². The van der Waals surface area contributed by atoms with Crippen LogP contribution in [0.5, 0.6) is 0 Å². The lowest BCUT2D eigenvalue weighted by atomic mass is 10.0. The number of aliphatic hydroxyl groups excluding tert-OH is 1. The van der Waals surface area contributed by atoms with Crippen molar-refractivity contribution in [1.82, 2.24) is 4.31 Å². The van der Waals surface area contributed by atoms with E-state index in [1.54, 1.807) is 0 Å². The fourth-order valence-electron chi connectivity index (χ4n) is 2.14. The van der Waals surface area contributed by atoms with Gasteiger partial charge in [-0.3, -0.25) is 4.31 Å². The molecule has 0 aromatic carbocycles. The summed E-state index contributed by atoms with van der Waals surface area (Å²) < 4.78 is 2.20. The van der Waals surface area contributed by atoms with E-state index in [4.69, 9.17) is 0 Å². The summed E-state index contributed by atoms with van der Waals surface area (Å²) in [6.45, 7) is 8.70. The second-order valence-electron chi connectivity index (χ2n) is 6.10. The Labute approximate surface area is 114 Å². The summed E-state index contributed by atoms with van der Waals surface area (Å²) in [7, 11) is 2.85. The molecule has 0 aliphatic carbocycles. The van der Waals surface area contributed by atoms with Gasteiger partial charge in [-0.25, -0.2) is 0 Å². The number of nitrogens with zero attached hydrogens (tertiary/aromatic N) is 1. The highest BCUT2D eigenvalue weighted by atomic mass is 32.3. The van der Waals surface area contributed by atoms with Crippen LogP contribution < -0.4 is 0 Å². The summed E-state index contributed by atoms with van der Waals surface area (Å²) in [5.74, 6) is 1.02. The average molecular weight is 271 g/mol. The second-order valence-corrected chi connectivity index (χ2v) is 9.27.